The zero-order chi connectivity index (χ0) is 11.4. The van der Waals surface area contributed by atoms with E-state index in [-0.39, 0.29) is 0 Å². The Morgan fingerprint density at radius 1 is 1.44 bits per heavy atom. The summed E-state index contributed by atoms with van der Waals surface area (Å²) in [4.78, 5) is 4.13. The molecule has 0 aliphatic heterocycles. The van der Waals surface area contributed by atoms with E-state index in [2.05, 4.69) is 20.9 Å². The molecule has 1 aromatic rings. The topological polar surface area (TPSA) is 63.8 Å². The number of anilines is 2. The van der Waals surface area contributed by atoms with Crippen LogP contribution in [0.2, 0.25) is 0 Å². The average molecular weight is 258 g/mol. The van der Waals surface area contributed by atoms with Gasteiger partial charge in [0.15, 0.2) is 0 Å². The maximum Gasteiger partial charge on any atom is 0.233 e. The first-order valence-electron chi connectivity index (χ1n) is 5.62. The summed E-state index contributed by atoms with van der Waals surface area (Å²) in [6, 6.07) is 0. The molecular weight excluding hydrogens is 240 g/mol. The summed E-state index contributed by atoms with van der Waals surface area (Å²) in [7, 11) is 0. The highest BCUT2D eigenvalue weighted by Gasteiger charge is 2.31. The quantitative estimate of drug-likeness (QED) is 0.869. The zero-order valence-corrected chi connectivity index (χ0v) is 11.2. The largest absolute Gasteiger partial charge is 0.367 e. The van der Waals surface area contributed by atoms with E-state index >= 15 is 0 Å². The van der Waals surface area contributed by atoms with Crippen LogP contribution in [0.3, 0.4) is 0 Å². The van der Waals surface area contributed by atoms with Crippen LogP contribution in [0.15, 0.2) is 0 Å². The minimum Gasteiger partial charge on any atom is -0.367 e. The van der Waals surface area contributed by atoms with Gasteiger partial charge in [0.2, 0.25) is 11.1 Å². The second-order valence-electron chi connectivity index (χ2n) is 4.26. The number of hydrogen-bond acceptors (Lipinski definition) is 6. The molecule has 1 aliphatic rings. The van der Waals surface area contributed by atoms with E-state index in [1.807, 2.05) is 11.8 Å². The van der Waals surface area contributed by atoms with Gasteiger partial charge in [-0.25, -0.2) is 0 Å². The minimum atomic E-state index is 0.370. The predicted octanol–water partition coefficient (Wildman–Crippen LogP) is 2.60. The molecule has 0 saturated heterocycles. The molecule has 2 rings (SSSR count). The molecule has 0 aromatic carbocycles. The summed E-state index contributed by atoms with van der Waals surface area (Å²) in [5.74, 6) is 0.370. The third kappa shape index (κ3) is 2.79. The lowest BCUT2D eigenvalue weighted by Crippen LogP contribution is -2.35. The van der Waals surface area contributed by atoms with Crippen molar-refractivity contribution in [1.29, 1.82) is 0 Å². The van der Waals surface area contributed by atoms with Gasteiger partial charge in [0.25, 0.3) is 0 Å². The molecule has 4 nitrogen and oxygen atoms in total. The molecule has 0 amide bonds. The summed E-state index contributed by atoms with van der Waals surface area (Å²) in [5.41, 5.74) is 5.50. The Kier molecular flexibility index (Phi) is 3.91. The fraction of sp³-hybridized carbons (Fsp3) is 0.800. The highest BCUT2D eigenvalue weighted by atomic mass is 32.2. The highest BCUT2D eigenvalue weighted by Crippen LogP contribution is 2.38. The zero-order valence-electron chi connectivity index (χ0n) is 9.53. The van der Waals surface area contributed by atoms with Crippen molar-refractivity contribution in [2.24, 2.45) is 0 Å². The van der Waals surface area contributed by atoms with Crippen LogP contribution in [-0.2, 0) is 0 Å². The van der Waals surface area contributed by atoms with Crippen molar-refractivity contribution in [1.82, 2.24) is 9.36 Å². The Labute approximate surface area is 105 Å². The van der Waals surface area contributed by atoms with E-state index in [0.717, 1.165) is 11.7 Å². The summed E-state index contributed by atoms with van der Waals surface area (Å²) in [6.07, 6.45) is 8.89. The monoisotopic (exact) mass is 258 g/mol. The second-order valence-corrected chi connectivity index (χ2v) is 6.29. The van der Waals surface area contributed by atoms with Gasteiger partial charge in [0, 0.05) is 22.8 Å². The smallest absolute Gasteiger partial charge is 0.233 e. The van der Waals surface area contributed by atoms with Gasteiger partial charge < -0.3 is 11.1 Å². The molecule has 0 bridgehead atoms. The van der Waals surface area contributed by atoms with Gasteiger partial charge in [-0.1, -0.05) is 19.3 Å². The van der Waals surface area contributed by atoms with Crippen molar-refractivity contribution in [3.05, 3.63) is 0 Å². The first-order chi connectivity index (χ1) is 7.74. The molecule has 0 radical (unpaired) electrons. The molecule has 0 spiro atoms. The van der Waals surface area contributed by atoms with Crippen LogP contribution >= 0.6 is 23.3 Å². The van der Waals surface area contributed by atoms with Crippen molar-refractivity contribution < 1.29 is 0 Å². The van der Waals surface area contributed by atoms with E-state index in [4.69, 9.17) is 5.73 Å². The van der Waals surface area contributed by atoms with E-state index in [1.165, 1.54) is 43.6 Å². The number of thioether (sulfide) groups is 1. The van der Waals surface area contributed by atoms with Crippen molar-refractivity contribution in [3.8, 4) is 0 Å². The minimum absolute atomic E-state index is 0.370. The molecule has 0 atom stereocenters. The SMILES string of the molecule is CSC1(CNc2nc(N)ns2)CCCCC1. The Morgan fingerprint density at radius 2 is 2.19 bits per heavy atom. The second kappa shape index (κ2) is 5.23. The highest BCUT2D eigenvalue weighted by molar-refractivity contribution is 8.00. The molecule has 3 N–H and O–H groups in total. The third-order valence-corrected chi connectivity index (χ3v) is 5.31. The molecule has 1 saturated carbocycles. The summed E-state index contributed by atoms with van der Waals surface area (Å²) >= 11 is 3.32. The van der Waals surface area contributed by atoms with E-state index in [9.17, 15) is 0 Å². The Balaban J connectivity index is 1.91. The number of nitrogen functional groups attached to an aromatic ring is 1. The fourth-order valence-electron chi connectivity index (χ4n) is 2.19. The molecular formula is C10H18N4S2. The average Bonchev–Trinajstić information content (AvgIpc) is 2.74. The fourth-order valence-corrected chi connectivity index (χ4v) is 3.60. The van der Waals surface area contributed by atoms with Crippen LogP contribution in [0.4, 0.5) is 11.1 Å². The van der Waals surface area contributed by atoms with Gasteiger partial charge >= 0.3 is 0 Å². The van der Waals surface area contributed by atoms with Crippen LogP contribution in [0.5, 0.6) is 0 Å². The predicted molar refractivity (Wildman–Crippen MR) is 72.1 cm³/mol. The molecule has 16 heavy (non-hydrogen) atoms. The van der Waals surface area contributed by atoms with Gasteiger partial charge in [-0.05, 0) is 19.1 Å². The Hall–Kier alpha value is -0.490. The molecule has 1 heterocycles. The maximum absolute atomic E-state index is 5.50. The van der Waals surface area contributed by atoms with Crippen LogP contribution in [-0.4, -0.2) is 26.9 Å². The van der Waals surface area contributed by atoms with Gasteiger partial charge in [-0.3, -0.25) is 0 Å². The van der Waals surface area contributed by atoms with Crippen molar-refractivity contribution >= 4 is 34.4 Å². The lowest BCUT2D eigenvalue weighted by Gasteiger charge is -2.35. The molecule has 6 heteroatoms. The number of nitrogens with zero attached hydrogens (tertiary/aromatic N) is 2. The van der Waals surface area contributed by atoms with Gasteiger partial charge in [0.05, 0.1) is 0 Å². The normalized spacial score (nSPS) is 19.6. The number of rotatable bonds is 4. The Bertz CT molecular complexity index is 333. The summed E-state index contributed by atoms with van der Waals surface area (Å²) in [6.45, 7) is 0.975. The van der Waals surface area contributed by atoms with Gasteiger partial charge in [0.1, 0.15) is 0 Å². The number of nitrogens with two attached hydrogens (primary N) is 1. The van der Waals surface area contributed by atoms with Gasteiger partial charge in [-0.15, -0.1) is 0 Å². The van der Waals surface area contributed by atoms with Gasteiger partial charge in [-0.2, -0.15) is 21.1 Å². The first-order valence-corrected chi connectivity index (χ1v) is 7.62. The number of nitrogens with one attached hydrogen (secondary N) is 1. The van der Waals surface area contributed by atoms with E-state index < -0.39 is 0 Å². The standard InChI is InChI=1S/C10H18N4S2/c1-15-10(5-3-2-4-6-10)7-12-9-13-8(11)14-16-9/h2-7H2,1H3,(H3,11,12,13,14). The van der Waals surface area contributed by atoms with Crippen LogP contribution in [0, 0.1) is 0 Å². The van der Waals surface area contributed by atoms with Crippen molar-refractivity contribution in [2.75, 3.05) is 23.9 Å². The van der Waals surface area contributed by atoms with Crippen LogP contribution < -0.4 is 11.1 Å². The van der Waals surface area contributed by atoms with Crippen molar-refractivity contribution in [3.63, 3.8) is 0 Å². The summed E-state index contributed by atoms with van der Waals surface area (Å²) in [5, 5.41) is 4.21. The number of aromatic nitrogens is 2. The number of hydrogen-bond donors (Lipinski definition) is 2. The molecule has 90 valence electrons. The first kappa shape index (κ1) is 12.0. The van der Waals surface area contributed by atoms with E-state index in [0.29, 0.717) is 10.7 Å². The van der Waals surface area contributed by atoms with Crippen LogP contribution in [0.1, 0.15) is 32.1 Å². The molecule has 0 unspecified atom stereocenters. The Morgan fingerprint density at radius 3 is 2.75 bits per heavy atom. The van der Waals surface area contributed by atoms with Crippen LogP contribution in [0.25, 0.3) is 0 Å². The molecule has 1 fully saturated rings. The molecule has 1 aliphatic carbocycles. The van der Waals surface area contributed by atoms with E-state index in [1.54, 1.807) is 0 Å². The lowest BCUT2D eigenvalue weighted by atomic mass is 9.88. The maximum atomic E-state index is 5.50. The lowest BCUT2D eigenvalue weighted by molar-refractivity contribution is 0.411. The van der Waals surface area contributed by atoms with Crippen molar-refractivity contribution in [2.45, 2.75) is 36.9 Å². The molecule has 1 aromatic heterocycles. The summed E-state index contributed by atoms with van der Waals surface area (Å²) < 4.78 is 4.36. The third-order valence-electron chi connectivity index (χ3n) is 3.20.